The molecule has 2 aromatic rings. The summed E-state index contributed by atoms with van der Waals surface area (Å²) in [5.74, 6) is -0.961. The molecule has 0 atom stereocenters. The lowest BCUT2D eigenvalue weighted by atomic mass is 9.54. The van der Waals surface area contributed by atoms with Crippen LogP contribution in [0.1, 0.15) is 50.2 Å². The second-order valence-electron chi connectivity index (χ2n) is 8.30. The van der Waals surface area contributed by atoms with E-state index in [1.165, 1.54) is 19.1 Å². The van der Waals surface area contributed by atoms with Gasteiger partial charge in [-0.1, -0.05) is 41.9 Å². The van der Waals surface area contributed by atoms with Crippen LogP contribution in [0.2, 0.25) is 5.02 Å². The molecule has 158 valence electrons. The first-order chi connectivity index (χ1) is 14.4. The Hall–Kier alpha value is -2.44. The molecular formula is C23H24ClFN2O3. The van der Waals surface area contributed by atoms with Gasteiger partial charge in [0.2, 0.25) is 5.91 Å². The summed E-state index contributed by atoms with van der Waals surface area (Å²) in [6.07, 6.45) is 2.82. The van der Waals surface area contributed by atoms with Crippen molar-refractivity contribution in [2.45, 2.75) is 56.5 Å². The van der Waals surface area contributed by atoms with Gasteiger partial charge in [-0.3, -0.25) is 9.59 Å². The van der Waals surface area contributed by atoms with Crippen LogP contribution in [0.25, 0.3) is 0 Å². The van der Waals surface area contributed by atoms with Crippen molar-refractivity contribution in [1.82, 2.24) is 10.8 Å². The van der Waals surface area contributed by atoms with E-state index in [-0.39, 0.29) is 27.7 Å². The van der Waals surface area contributed by atoms with Crippen LogP contribution in [0.15, 0.2) is 42.5 Å². The molecule has 2 aromatic carbocycles. The van der Waals surface area contributed by atoms with Crippen molar-refractivity contribution in [3.63, 3.8) is 0 Å². The number of hydrogen-bond donors (Lipinski definition) is 2. The summed E-state index contributed by atoms with van der Waals surface area (Å²) in [4.78, 5) is 30.0. The first-order valence-corrected chi connectivity index (χ1v) is 10.5. The number of carbonyl (C=O) groups excluding carboxylic acids is 2. The van der Waals surface area contributed by atoms with Crippen LogP contribution in [-0.4, -0.2) is 17.2 Å². The number of hydrogen-bond acceptors (Lipinski definition) is 4. The number of Topliss-reactive ketones (excluding diaryl/α,β-unsaturated/α-hetero) is 1. The highest BCUT2D eigenvalue weighted by Crippen LogP contribution is 2.54. The van der Waals surface area contributed by atoms with E-state index >= 15 is 4.39 Å². The average molecular weight is 431 g/mol. The molecule has 30 heavy (non-hydrogen) atoms. The molecule has 0 radical (unpaired) electrons. The zero-order chi connectivity index (χ0) is 21.4. The van der Waals surface area contributed by atoms with E-state index < -0.39 is 17.1 Å². The Morgan fingerprint density at radius 3 is 2.47 bits per heavy atom. The van der Waals surface area contributed by atoms with E-state index in [2.05, 4.69) is 10.8 Å². The largest absolute Gasteiger partial charge is 0.379 e. The van der Waals surface area contributed by atoms with E-state index in [4.69, 9.17) is 16.4 Å². The highest BCUT2D eigenvalue weighted by molar-refractivity contribution is 6.30. The minimum absolute atomic E-state index is 0.0191. The zero-order valence-electron chi connectivity index (χ0n) is 16.8. The molecule has 2 bridgehead atoms. The maximum Gasteiger partial charge on any atom is 0.249 e. The lowest BCUT2D eigenvalue weighted by molar-refractivity contribution is -0.134. The Kier molecular flexibility index (Phi) is 5.55. The van der Waals surface area contributed by atoms with Gasteiger partial charge in [-0.25, -0.2) is 4.39 Å². The molecule has 0 unspecified atom stereocenters. The molecule has 3 aliphatic rings. The Bertz CT molecular complexity index is 972. The fourth-order valence-corrected chi connectivity index (χ4v) is 4.95. The van der Waals surface area contributed by atoms with Crippen LogP contribution in [0.4, 0.5) is 4.39 Å². The van der Waals surface area contributed by atoms with E-state index in [0.717, 1.165) is 18.4 Å². The van der Waals surface area contributed by atoms with Gasteiger partial charge in [0.25, 0.3) is 0 Å². The molecule has 5 rings (SSSR count). The molecule has 0 spiro atoms. The lowest BCUT2D eigenvalue weighted by Gasteiger charge is -2.53. The van der Waals surface area contributed by atoms with Crippen LogP contribution >= 0.6 is 11.6 Å². The van der Waals surface area contributed by atoms with Gasteiger partial charge < -0.3 is 10.2 Å². The molecule has 3 fully saturated rings. The quantitative estimate of drug-likeness (QED) is 0.673. The number of fused-ring (bicyclic) bond motifs is 3. The summed E-state index contributed by atoms with van der Waals surface area (Å²) < 4.78 is 15.2. The number of amides is 1. The predicted octanol–water partition coefficient (Wildman–Crippen LogP) is 4.22. The second kappa shape index (κ2) is 8.00. The second-order valence-corrected chi connectivity index (χ2v) is 8.70. The van der Waals surface area contributed by atoms with Crippen LogP contribution in [0, 0.1) is 5.82 Å². The van der Waals surface area contributed by atoms with Gasteiger partial charge in [0.1, 0.15) is 11.6 Å². The first kappa shape index (κ1) is 20.8. The Balaban J connectivity index is 1.60. The maximum absolute atomic E-state index is 15.2. The molecule has 2 N–H and O–H groups in total. The maximum atomic E-state index is 15.2. The molecule has 0 aliphatic heterocycles. The molecular weight excluding hydrogens is 407 g/mol. The monoisotopic (exact) mass is 430 g/mol. The number of carbonyl (C=O) groups is 2. The minimum atomic E-state index is -0.987. The Labute approximate surface area is 179 Å². The summed E-state index contributed by atoms with van der Waals surface area (Å²) in [6, 6.07) is 12.9. The van der Waals surface area contributed by atoms with Crippen LogP contribution in [0.5, 0.6) is 5.75 Å². The number of nitrogens with one attached hydrogen (secondary N) is 2. The highest BCUT2D eigenvalue weighted by atomic mass is 35.5. The third-order valence-corrected chi connectivity index (χ3v) is 6.74. The summed E-state index contributed by atoms with van der Waals surface area (Å²) in [5.41, 5.74) is 2.29. The molecule has 3 saturated carbocycles. The SMILES string of the molecule is CC(=O)NOc1ccc(Cl)c(F)c1C12CCC(NCc3ccccc3)(CC1)CC2=O. The van der Waals surface area contributed by atoms with E-state index in [0.29, 0.717) is 25.8 Å². The van der Waals surface area contributed by atoms with Gasteiger partial charge in [-0.15, -0.1) is 0 Å². The van der Waals surface area contributed by atoms with Crippen molar-refractivity contribution in [3.8, 4) is 5.75 Å². The van der Waals surface area contributed by atoms with Crippen molar-refractivity contribution >= 4 is 23.3 Å². The molecule has 7 heteroatoms. The fraction of sp³-hybridized carbons (Fsp3) is 0.391. The normalized spacial score (nSPS) is 25.2. The van der Waals surface area contributed by atoms with Crippen molar-refractivity contribution in [2.75, 3.05) is 0 Å². The summed E-state index contributed by atoms with van der Waals surface area (Å²) in [6.45, 7) is 1.98. The first-order valence-electron chi connectivity index (χ1n) is 10.1. The molecule has 3 aliphatic carbocycles. The highest BCUT2D eigenvalue weighted by Gasteiger charge is 2.56. The van der Waals surface area contributed by atoms with Gasteiger partial charge in [-0.05, 0) is 43.4 Å². The van der Waals surface area contributed by atoms with Crippen molar-refractivity contribution in [2.24, 2.45) is 0 Å². The third kappa shape index (κ3) is 3.70. The van der Waals surface area contributed by atoms with Gasteiger partial charge >= 0.3 is 0 Å². The van der Waals surface area contributed by atoms with Crippen LogP contribution in [0.3, 0.4) is 0 Å². The van der Waals surface area contributed by atoms with E-state index in [1.807, 2.05) is 30.3 Å². The van der Waals surface area contributed by atoms with Crippen molar-refractivity contribution in [3.05, 3.63) is 64.4 Å². The number of rotatable bonds is 6. The van der Waals surface area contributed by atoms with Gasteiger partial charge in [0.15, 0.2) is 5.75 Å². The summed E-state index contributed by atoms with van der Waals surface area (Å²) >= 11 is 6.05. The van der Waals surface area contributed by atoms with Gasteiger partial charge in [0.05, 0.1) is 10.4 Å². The van der Waals surface area contributed by atoms with Crippen LogP contribution in [-0.2, 0) is 21.5 Å². The number of halogens is 2. The van der Waals surface area contributed by atoms with E-state index in [9.17, 15) is 9.59 Å². The van der Waals surface area contributed by atoms with Crippen molar-refractivity contribution in [1.29, 1.82) is 0 Å². The Morgan fingerprint density at radius 2 is 1.83 bits per heavy atom. The lowest BCUT2D eigenvalue weighted by Crippen LogP contribution is -2.60. The number of ketones is 1. The molecule has 0 heterocycles. The molecule has 0 saturated heterocycles. The van der Waals surface area contributed by atoms with Gasteiger partial charge in [-0.2, -0.15) is 5.48 Å². The van der Waals surface area contributed by atoms with Crippen molar-refractivity contribution < 1.29 is 18.8 Å². The Morgan fingerprint density at radius 1 is 1.13 bits per heavy atom. The zero-order valence-corrected chi connectivity index (χ0v) is 17.5. The predicted molar refractivity (Wildman–Crippen MR) is 112 cm³/mol. The number of benzene rings is 2. The summed E-state index contributed by atoms with van der Waals surface area (Å²) in [7, 11) is 0. The number of hydroxylamine groups is 1. The smallest absolute Gasteiger partial charge is 0.249 e. The topological polar surface area (TPSA) is 67.4 Å². The summed E-state index contributed by atoms with van der Waals surface area (Å²) in [5, 5.41) is 3.53. The molecule has 0 aromatic heterocycles. The molecule has 5 nitrogen and oxygen atoms in total. The standard InChI is InChI=1S/C23H24ClFN2O3/c1-15(28)27-30-18-8-7-17(24)21(25)20(18)23-11-9-22(10-12-23,13-19(23)29)26-14-16-5-3-2-4-6-16/h2-8,26H,9-14H2,1H3,(H,27,28). The van der Waals surface area contributed by atoms with Crippen LogP contribution < -0.4 is 15.6 Å². The fourth-order valence-electron chi connectivity index (χ4n) is 4.79. The minimum Gasteiger partial charge on any atom is -0.379 e. The van der Waals surface area contributed by atoms with E-state index in [1.54, 1.807) is 0 Å². The average Bonchev–Trinajstić information content (AvgIpc) is 2.75. The molecule has 1 amide bonds. The third-order valence-electron chi connectivity index (χ3n) is 6.44. The van der Waals surface area contributed by atoms with Gasteiger partial charge in [0, 0.05) is 31.0 Å².